The molecular formula is C13H19N3O4S. The minimum Gasteiger partial charge on any atom is -0.383 e. The van der Waals surface area contributed by atoms with Crippen LogP contribution in [0, 0.1) is 17.0 Å². The van der Waals surface area contributed by atoms with Crippen molar-refractivity contribution >= 4 is 21.4 Å². The molecule has 0 aromatic heterocycles. The number of nitrogens with zero attached hydrogens (tertiary/aromatic N) is 2. The summed E-state index contributed by atoms with van der Waals surface area (Å²) >= 11 is 0. The van der Waals surface area contributed by atoms with Gasteiger partial charge in [0.05, 0.1) is 9.82 Å². The molecule has 1 aliphatic rings. The maximum atomic E-state index is 12.7. The quantitative estimate of drug-likeness (QED) is 0.679. The van der Waals surface area contributed by atoms with Crippen LogP contribution in [-0.4, -0.2) is 37.8 Å². The first-order chi connectivity index (χ1) is 9.87. The van der Waals surface area contributed by atoms with Crippen LogP contribution in [0.5, 0.6) is 0 Å². The van der Waals surface area contributed by atoms with Crippen molar-refractivity contribution in [3.05, 3.63) is 27.8 Å². The van der Waals surface area contributed by atoms with Crippen molar-refractivity contribution in [3.8, 4) is 0 Å². The molecule has 1 aromatic rings. The van der Waals surface area contributed by atoms with E-state index < -0.39 is 14.9 Å². The topological polar surface area (TPSA) is 92.6 Å². The molecule has 0 radical (unpaired) electrons. The molecule has 0 spiro atoms. The molecule has 7 nitrogen and oxygen atoms in total. The Labute approximate surface area is 124 Å². The first-order valence-corrected chi connectivity index (χ1v) is 8.29. The van der Waals surface area contributed by atoms with Gasteiger partial charge in [-0.15, -0.1) is 0 Å². The molecule has 2 rings (SSSR count). The van der Waals surface area contributed by atoms with Crippen molar-refractivity contribution in [2.75, 3.05) is 25.5 Å². The van der Waals surface area contributed by atoms with Gasteiger partial charge in [-0.1, -0.05) is 6.42 Å². The average molecular weight is 313 g/mol. The van der Waals surface area contributed by atoms with E-state index in [2.05, 4.69) is 5.32 Å². The van der Waals surface area contributed by atoms with Crippen molar-refractivity contribution in [1.29, 1.82) is 0 Å². The number of nitrogens with one attached hydrogen (secondary N) is 1. The van der Waals surface area contributed by atoms with Crippen LogP contribution in [0.25, 0.3) is 0 Å². The second-order valence-electron chi connectivity index (χ2n) is 5.11. The number of hydrogen-bond acceptors (Lipinski definition) is 5. The third-order valence-electron chi connectivity index (χ3n) is 3.69. The lowest BCUT2D eigenvalue weighted by atomic mass is 10.2. The van der Waals surface area contributed by atoms with Crippen LogP contribution in [-0.2, 0) is 10.0 Å². The van der Waals surface area contributed by atoms with Gasteiger partial charge in [0.25, 0.3) is 5.69 Å². The van der Waals surface area contributed by atoms with Gasteiger partial charge in [0.2, 0.25) is 10.0 Å². The SMILES string of the molecule is CNc1cc(C)c(S(=O)(=O)N2CCCCC2)cc1[N+](=O)[O-]. The third kappa shape index (κ3) is 3.01. The largest absolute Gasteiger partial charge is 0.383 e. The molecule has 1 saturated heterocycles. The zero-order valence-electron chi connectivity index (χ0n) is 12.1. The van der Waals surface area contributed by atoms with E-state index >= 15 is 0 Å². The van der Waals surface area contributed by atoms with Crippen molar-refractivity contribution < 1.29 is 13.3 Å². The Bertz CT molecular complexity index is 652. The normalized spacial score (nSPS) is 16.7. The average Bonchev–Trinajstić information content (AvgIpc) is 2.47. The molecule has 1 heterocycles. The maximum Gasteiger partial charge on any atom is 0.293 e. The van der Waals surface area contributed by atoms with E-state index in [0.29, 0.717) is 24.3 Å². The fraction of sp³-hybridized carbons (Fsp3) is 0.538. The van der Waals surface area contributed by atoms with E-state index in [4.69, 9.17) is 0 Å². The number of sulfonamides is 1. The Kier molecular flexibility index (Phi) is 4.48. The highest BCUT2D eigenvalue weighted by atomic mass is 32.2. The zero-order chi connectivity index (χ0) is 15.6. The minimum atomic E-state index is -3.67. The van der Waals surface area contributed by atoms with Gasteiger partial charge in [-0.3, -0.25) is 10.1 Å². The van der Waals surface area contributed by atoms with Crippen LogP contribution in [0.1, 0.15) is 24.8 Å². The van der Waals surface area contributed by atoms with E-state index in [1.807, 2.05) is 0 Å². The summed E-state index contributed by atoms with van der Waals surface area (Å²) < 4.78 is 26.7. The Morgan fingerprint density at radius 1 is 1.24 bits per heavy atom. The number of anilines is 1. The Balaban J connectivity index is 2.52. The predicted molar refractivity (Wildman–Crippen MR) is 80.0 cm³/mol. The number of aryl methyl sites for hydroxylation is 1. The van der Waals surface area contributed by atoms with Crippen LogP contribution in [0.3, 0.4) is 0 Å². The van der Waals surface area contributed by atoms with Crippen molar-refractivity contribution in [3.63, 3.8) is 0 Å². The predicted octanol–water partition coefficient (Wildman–Crippen LogP) is 2.12. The molecule has 1 aromatic carbocycles. The Morgan fingerprint density at radius 3 is 2.38 bits per heavy atom. The molecule has 0 atom stereocenters. The zero-order valence-corrected chi connectivity index (χ0v) is 12.9. The standard InChI is InChI=1S/C13H19N3O4S/c1-10-8-11(14-2)12(16(17)18)9-13(10)21(19,20)15-6-4-3-5-7-15/h8-9,14H,3-7H2,1-2H3. The summed E-state index contributed by atoms with van der Waals surface area (Å²) in [5, 5.41) is 13.8. The van der Waals surface area contributed by atoms with Gasteiger partial charge in [-0.2, -0.15) is 4.31 Å². The summed E-state index contributed by atoms with van der Waals surface area (Å²) in [6.07, 6.45) is 2.67. The maximum absolute atomic E-state index is 12.7. The monoisotopic (exact) mass is 313 g/mol. The fourth-order valence-electron chi connectivity index (χ4n) is 2.55. The molecule has 0 unspecified atom stereocenters. The molecular weight excluding hydrogens is 294 g/mol. The van der Waals surface area contributed by atoms with Gasteiger partial charge in [-0.05, 0) is 31.4 Å². The number of hydrogen-bond donors (Lipinski definition) is 1. The van der Waals surface area contributed by atoms with E-state index in [1.165, 1.54) is 10.4 Å². The molecule has 0 amide bonds. The second-order valence-corrected chi connectivity index (χ2v) is 7.01. The molecule has 1 fully saturated rings. The molecule has 116 valence electrons. The van der Waals surface area contributed by atoms with Gasteiger partial charge >= 0.3 is 0 Å². The Morgan fingerprint density at radius 2 is 1.86 bits per heavy atom. The number of rotatable bonds is 4. The first kappa shape index (κ1) is 15.7. The van der Waals surface area contributed by atoms with Crippen molar-refractivity contribution in [1.82, 2.24) is 4.31 Å². The highest BCUT2D eigenvalue weighted by molar-refractivity contribution is 7.89. The number of benzene rings is 1. The van der Waals surface area contributed by atoms with Crippen LogP contribution < -0.4 is 5.32 Å². The van der Waals surface area contributed by atoms with Crippen molar-refractivity contribution in [2.45, 2.75) is 31.1 Å². The number of nitro groups is 1. The molecule has 0 aliphatic carbocycles. The number of nitro benzene ring substituents is 1. The van der Waals surface area contributed by atoms with Crippen LogP contribution in [0.4, 0.5) is 11.4 Å². The lowest BCUT2D eigenvalue weighted by Gasteiger charge is -2.26. The summed E-state index contributed by atoms with van der Waals surface area (Å²) in [4.78, 5) is 10.6. The summed E-state index contributed by atoms with van der Waals surface area (Å²) in [6, 6.07) is 2.67. The smallest absolute Gasteiger partial charge is 0.293 e. The van der Waals surface area contributed by atoms with Gasteiger partial charge in [0, 0.05) is 26.2 Å². The van der Waals surface area contributed by atoms with Gasteiger partial charge < -0.3 is 5.32 Å². The minimum absolute atomic E-state index is 0.0232. The van der Waals surface area contributed by atoms with E-state index in [0.717, 1.165) is 25.3 Å². The lowest BCUT2D eigenvalue weighted by Crippen LogP contribution is -2.36. The lowest BCUT2D eigenvalue weighted by molar-refractivity contribution is -0.384. The summed E-state index contributed by atoms with van der Waals surface area (Å²) in [6.45, 7) is 2.61. The van der Waals surface area contributed by atoms with E-state index in [1.54, 1.807) is 14.0 Å². The fourth-order valence-corrected chi connectivity index (χ4v) is 4.29. The highest BCUT2D eigenvalue weighted by Gasteiger charge is 2.30. The van der Waals surface area contributed by atoms with E-state index in [-0.39, 0.29) is 10.6 Å². The van der Waals surface area contributed by atoms with E-state index in [9.17, 15) is 18.5 Å². The molecule has 1 aliphatic heterocycles. The molecule has 8 heteroatoms. The molecule has 1 N–H and O–H groups in total. The second kappa shape index (κ2) is 5.98. The third-order valence-corrected chi connectivity index (χ3v) is 5.73. The highest BCUT2D eigenvalue weighted by Crippen LogP contribution is 2.32. The van der Waals surface area contributed by atoms with Crippen LogP contribution in [0.15, 0.2) is 17.0 Å². The van der Waals surface area contributed by atoms with Crippen LogP contribution >= 0.6 is 0 Å². The first-order valence-electron chi connectivity index (χ1n) is 6.85. The molecule has 0 saturated carbocycles. The van der Waals surface area contributed by atoms with Gasteiger partial charge in [0.15, 0.2) is 0 Å². The molecule has 21 heavy (non-hydrogen) atoms. The summed E-state index contributed by atoms with van der Waals surface area (Å²) in [5.41, 5.74) is 0.601. The Hall–Kier alpha value is -1.67. The number of piperidine rings is 1. The van der Waals surface area contributed by atoms with Crippen LogP contribution in [0.2, 0.25) is 0 Å². The molecule has 0 bridgehead atoms. The summed E-state index contributed by atoms with van der Waals surface area (Å²) in [7, 11) is -2.10. The van der Waals surface area contributed by atoms with Gasteiger partial charge in [-0.25, -0.2) is 8.42 Å². The van der Waals surface area contributed by atoms with Crippen molar-refractivity contribution in [2.24, 2.45) is 0 Å². The van der Waals surface area contributed by atoms with Gasteiger partial charge in [0.1, 0.15) is 5.69 Å². The summed E-state index contributed by atoms with van der Waals surface area (Å²) in [5.74, 6) is 0.